The molecule has 2 rings (SSSR count). The first-order chi connectivity index (χ1) is 7.93. The summed E-state index contributed by atoms with van der Waals surface area (Å²) in [5, 5.41) is 0. The third-order valence-corrected chi connectivity index (χ3v) is 5.11. The van der Waals surface area contributed by atoms with Gasteiger partial charge in [0.2, 0.25) is 0 Å². The molecule has 0 aromatic carbocycles. The fraction of sp³-hybridized carbons (Fsp3) is 0.786. The molecule has 17 heavy (non-hydrogen) atoms. The van der Waals surface area contributed by atoms with Crippen molar-refractivity contribution in [3.63, 3.8) is 0 Å². The Morgan fingerprint density at radius 3 is 2.88 bits per heavy atom. The van der Waals surface area contributed by atoms with E-state index in [9.17, 15) is 4.79 Å². The van der Waals surface area contributed by atoms with E-state index in [4.69, 9.17) is 16.3 Å². The molecule has 1 fully saturated rings. The van der Waals surface area contributed by atoms with Gasteiger partial charge in [-0.1, -0.05) is 32.4 Å². The van der Waals surface area contributed by atoms with Gasteiger partial charge in [-0.15, -0.1) is 0 Å². The molecule has 0 aromatic rings. The summed E-state index contributed by atoms with van der Waals surface area (Å²) in [5.41, 5.74) is 1.10. The summed E-state index contributed by atoms with van der Waals surface area (Å²) in [7, 11) is 0. The van der Waals surface area contributed by atoms with Crippen LogP contribution in [0.4, 0.5) is 4.79 Å². The normalized spacial score (nSPS) is 41.4. The standard InChI is InChI=1S/C14H21ClO2/c1-9-4-5-11-8-12(17-13(15)16)6-7-14(11,3)10(9)2/h5,9-10,12H,4,6-8H2,1-3H3. The zero-order chi connectivity index (χ0) is 12.6. The van der Waals surface area contributed by atoms with Gasteiger partial charge in [-0.2, -0.15) is 0 Å². The van der Waals surface area contributed by atoms with Crippen LogP contribution in [-0.2, 0) is 4.74 Å². The predicted molar refractivity (Wildman–Crippen MR) is 69.1 cm³/mol. The van der Waals surface area contributed by atoms with Crippen molar-refractivity contribution in [3.05, 3.63) is 11.6 Å². The van der Waals surface area contributed by atoms with Crippen LogP contribution in [0.3, 0.4) is 0 Å². The first kappa shape index (κ1) is 12.9. The van der Waals surface area contributed by atoms with Crippen molar-refractivity contribution in [1.29, 1.82) is 0 Å². The van der Waals surface area contributed by atoms with Gasteiger partial charge >= 0.3 is 5.43 Å². The van der Waals surface area contributed by atoms with E-state index in [0.717, 1.165) is 31.6 Å². The highest BCUT2D eigenvalue weighted by molar-refractivity contribution is 6.61. The highest BCUT2D eigenvalue weighted by Gasteiger charge is 2.44. The lowest BCUT2D eigenvalue weighted by Gasteiger charge is -2.48. The molecule has 4 unspecified atom stereocenters. The molecule has 0 aromatic heterocycles. The lowest BCUT2D eigenvalue weighted by molar-refractivity contribution is 0.0529. The predicted octanol–water partition coefficient (Wildman–Crippen LogP) is 4.52. The smallest absolute Gasteiger partial charge is 0.404 e. The van der Waals surface area contributed by atoms with Crippen LogP contribution in [0.25, 0.3) is 0 Å². The number of hydrogen-bond donors (Lipinski definition) is 0. The van der Waals surface area contributed by atoms with Crippen LogP contribution < -0.4 is 0 Å². The quantitative estimate of drug-likeness (QED) is 0.509. The largest absolute Gasteiger partial charge is 0.450 e. The van der Waals surface area contributed by atoms with E-state index in [-0.39, 0.29) is 6.10 Å². The molecule has 0 N–H and O–H groups in total. The summed E-state index contributed by atoms with van der Waals surface area (Å²) in [6.45, 7) is 7.04. The molecule has 0 bridgehead atoms. The number of ether oxygens (including phenoxy) is 1. The van der Waals surface area contributed by atoms with Crippen molar-refractivity contribution in [3.8, 4) is 0 Å². The van der Waals surface area contributed by atoms with Gasteiger partial charge < -0.3 is 4.74 Å². The molecule has 3 heteroatoms. The van der Waals surface area contributed by atoms with E-state index in [2.05, 4.69) is 26.8 Å². The molecule has 0 amide bonds. The molecule has 0 spiro atoms. The Hall–Kier alpha value is -0.500. The molecule has 4 atom stereocenters. The second kappa shape index (κ2) is 4.64. The van der Waals surface area contributed by atoms with Gasteiger partial charge in [-0.3, -0.25) is 0 Å². The van der Waals surface area contributed by atoms with Gasteiger partial charge in [0.25, 0.3) is 0 Å². The zero-order valence-corrected chi connectivity index (χ0v) is 11.6. The first-order valence-electron chi connectivity index (χ1n) is 6.49. The Balaban J connectivity index is 2.13. The molecule has 0 heterocycles. The molecular formula is C14H21ClO2. The maximum absolute atomic E-state index is 10.8. The van der Waals surface area contributed by atoms with Gasteiger partial charge in [-0.25, -0.2) is 4.79 Å². The summed E-state index contributed by atoms with van der Waals surface area (Å²) in [5.74, 6) is 1.45. The number of rotatable bonds is 1. The van der Waals surface area contributed by atoms with E-state index < -0.39 is 5.43 Å². The van der Waals surface area contributed by atoms with Gasteiger partial charge in [0.05, 0.1) is 0 Å². The van der Waals surface area contributed by atoms with Crippen molar-refractivity contribution in [1.82, 2.24) is 0 Å². The molecule has 2 aliphatic carbocycles. The van der Waals surface area contributed by atoms with Crippen molar-refractivity contribution < 1.29 is 9.53 Å². The summed E-state index contributed by atoms with van der Waals surface area (Å²) in [6, 6.07) is 0. The van der Waals surface area contributed by atoms with Gasteiger partial charge in [-0.05, 0) is 36.5 Å². The highest BCUT2D eigenvalue weighted by atomic mass is 35.5. The van der Waals surface area contributed by atoms with Crippen molar-refractivity contribution >= 4 is 17.0 Å². The fourth-order valence-electron chi connectivity index (χ4n) is 3.43. The summed E-state index contributed by atoms with van der Waals surface area (Å²) >= 11 is 5.29. The third kappa shape index (κ3) is 2.37. The van der Waals surface area contributed by atoms with Crippen LogP contribution >= 0.6 is 11.6 Å². The Morgan fingerprint density at radius 1 is 1.53 bits per heavy atom. The molecule has 2 nitrogen and oxygen atoms in total. The van der Waals surface area contributed by atoms with Crippen molar-refractivity contribution in [2.24, 2.45) is 17.3 Å². The van der Waals surface area contributed by atoms with Gasteiger partial charge in [0.1, 0.15) is 6.10 Å². The SMILES string of the molecule is CC1CC=C2CC(OC(=O)Cl)CCC2(C)C1C. The van der Waals surface area contributed by atoms with Crippen LogP contribution in [0.2, 0.25) is 0 Å². The van der Waals surface area contributed by atoms with Gasteiger partial charge in [0, 0.05) is 18.0 Å². The molecule has 2 aliphatic rings. The minimum Gasteiger partial charge on any atom is -0.450 e. The Kier molecular flexibility index (Phi) is 3.53. The van der Waals surface area contributed by atoms with Crippen LogP contribution in [0.15, 0.2) is 11.6 Å². The molecular weight excluding hydrogens is 236 g/mol. The Labute approximate surface area is 108 Å². The molecule has 1 saturated carbocycles. The molecule has 0 saturated heterocycles. The van der Waals surface area contributed by atoms with E-state index in [1.54, 1.807) is 0 Å². The number of hydrogen-bond acceptors (Lipinski definition) is 2. The number of halogens is 1. The summed E-state index contributed by atoms with van der Waals surface area (Å²) in [4.78, 5) is 10.8. The van der Waals surface area contributed by atoms with Crippen molar-refractivity contribution in [2.45, 2.75) is 52.6 Å². The topological polar surface area (TPSA) is 26.3 Å². The highest BCUT2D eigenvalue weighted by Crippen LogP contribution is 2.52. The second-order valence-corrected chi connectivity index (χ2v) is 6.18. The Morgan fingerprint density at radius 2 is 2.24 bits per heavy atom. The molecule has 96 valence electrons. The van der Waals surface area contributed by atoms with E-state index >= 15 is 0 Å². The summed E-state index contributed by atoms with van der Waals surface area (Å²) < 4.78 is 5.13. The maximum atomic E-state index is 10.8. The monoisotopic (exact) mass is 256 g/mol. The van der Waals surface area contributed by atoms with Crippen LogP contribution in [-0.4, -0.2) is 11.5 Å². The maximum Gasteiger partial charge on any atom is 0.404 e. The number of fused-ring (bicyclic) bond motifs is 1. The fourth-order valence-corrected chi connectivity index (χ4v) is 3.56. The van der Waals surface area contributed by atoms with Gasteiger partial charge in [0.15, 0.2) is 0 Å². The minimum atomic E-state index is -0.670. The third-order valence-electron chi connectivity index (χ3n) is 5.02. The number of allylic oxidation sites excluding steroid dienone is 1. The number of carbonyl (C=O) groups excluding carboxylic acids is 1. The van der Waals surface area contributed by atoms with E-state index in [1.807, 2.05) is 0 Å². The second-order valence-electron chi connectivity index (χ2n) is 5.87. The lowest BCUT2D eigenvalue weighted by atomic mass is 9.57. The molecule has 0 radical (unpaired) electrons. The first-order valence-corrected chi connectivity index (χ1v) is 6.87. The molecule has 0 aliphatic heterocycles. The Bertz CT molecular complexity index is 350. The van der Waals surface area contributed by atoms with Crippen molar-refractivity contribution in [2.75, 3.05) is 0 Å². The van der Waals surface area contributed by atoms with Crippen LogP contribution in [0.5, 0.6) is 0 Å². The number of carbonyl (C=O) groups is 1. The van der Waals surface area contributed by atoms with E-state index in [0.29, 0.717) is 11.3 Å². The zero-order valence-electron chi connectivity index (χ0n) is 10.8. The minimum absolute atomic E-state index is 0.0140. The van der Waals surface area contributed by atoms with Crippen LogP contribution in [0.1, 0.15) is 46.5 Å². The average molecular weight is 257 g/mol. The average Bonchev–Trinajstić information content (AvgIpc) is 2.26. The van der Waals surface area contributed by atoms with E-state index in [1.165, 1.54) is 5.57 Å². The van der Waals surface area contributed by atoms with Crippen LogP contribution in [0, 0.1) is 17.3 Å². The lowest BCUT2D eigenvalue weighted by Crippen LogP contribution is -2.40. The summed E-state index contributed by atoms with van der Waals surface area (Å²) in [6.07, 6.45) is 6.39.